The fourth-order valence-corrected chi connectivity index (χ4v) is 4.13. The molecule has 0 unspecified atom stereocenters. The molecular weight excluding hydrogens is 450 g/mol. The van der Waals surface area contributed by atoms with Crippen LogP contribution in [0, 0.1) is 0 Å². The molecule has 5 nitrogen and oxygen atoms in total. The molecule has 0 saturated heterocycles. The molecule has 0 aromatic rings. The fraction of sp³-hybridized carbons (Fsp3) is 0.903. The molecule has 0 spiro atoms. The second-order valence-electron chi connectivity index (χ2n) is 10.0. The van der Waals surface area contributed by atoms with Crippen molar-refractivity contribution in [2.75, 3.05) is 13.7 Å². The van der Waals surface area contributed by atoms with Crippen LogP contribution < -0.4 is 0 Å². The number of carboxylic acid groups (broad SMARTS) is 1. The van der Waals surface area contributed by atoms with E-state index >= 15 is 0 Å². The first-order valence-electron chi connectivity index (χ1n) is 15.3. The monoisotopic (exact) mass is 511 g/mol. The minimum atomic E-state index is -0.745. The number of aliphatic carboxylic acids is 1. The lowest BCUT2D eigenvalue weighted by atomic mass is 10.0. The third kappa shape index (κ3) is 37.2. The van der Waals surface area contributed by atoms with E-state index in [-0.39, 0.29) is 12.4 Å². The Hall–Kier alpha value is -1.39. The summed E-state index contributed by atoms with van der Waals surface area (Å²) in [4.78, 5) is 24.6. The van der Waals surface area contributed by atoms with Crippen LogP contribution in [0.5, 0.6) is 0 Å². The molecule has 0 atom stereocenters. The van der Waals surface area contributed by atoms with Gasteiger partial charge in [0.15, 0.2) is 0 Å². The van der Waals surface area contributed by atoms with Crippen LogP contribution in [0.3, 0.4) is 0 Å². The van der Waals surface area contributed by atoms with E-state index in [2.05, 4.69) is 16.7 Å². The summed E-state index contributed by atoms with van der Waals surface area (Å²) in [7, 11) is 1.41. The lowest BCUT2D eigenvalue weighted by Gasteiger charge is -2.04. The summed E-state index contributed by atoms with van der Waals surface area (Å²) in [6, 6.07) is 0. The van der Waals surface area contributed by atoms with E-state index in [9.17, 15) is 9.59 Å². The summed E-state index contributed by atoms with van der Waals surface area (Å²) in [5.41, 5.74) is 0. The summed E-state index contributed by atoms with van der Waals surface area (Å²) in [5.74, 6) is -0.956. The van der Waals surface area contributed by atoms with Gasteiger partial charge in [0.25, 0.3) is 0 Å². The van der Waals surface area contributed by atoms with E-state index in [0.29, 0.717) is 6.42 Å². The Morgan fingerprint density at radius 2 is 0.917 bits per heavy atom. The van der Waals surface area contributed by atoms with Crippen LogP contribution in [-0.2, 0) is 14.3 Å². The lowest BCUT2D eigenvalue weighted by Crippen LogP contribution is -2.00. The zero-order chi connectivity index (χ0) is 27.0. The minimum absolute atomic E-state index is 0.210. The number of methoxy groups -OCH3 is 1. The number of carbonyl (C=O) groups is 2. The van der Waals surface area contributed by atoms with Gasteiger partial charge in [-0.25, -0.2) is 0 Å². The van der Waals surface area contributed by atoms with Crippen molar-refractivity contribution in [1.29, 1.82) is 0 Å². The Morgan fingerprint density at radius 3 is 1.19 bits per heavy atom. The minimum Gasteiger partial charge on any atom is -0.481 e. The number of hydrogen-bond donors (Lipinski definition) is 1. The molecule has 5 heteroatoms. The standard InChI is InChI=1S/C28H55NO2.C3H6O2/c1-3-4-5-6-7-8-9-10-11-12-13-14-15-16-17-18-19-20-21-22-23-24-26-29-27-25-28(30)31-2;1-2-3(4)5/h27H,3-26H2,1-2H3;2H2,1H3,(H,4,5). The Labute approximate surface area is 224 Å². The third-order valence-corrected chi connectivity index (χ3v) is 6.56. The van der Waals surface area contributed by atoms with Crippen molar-refractivity contribution in [2.24, 2.45) is 4.99 Å². The number of nitrogens with zero attached hydrogens (tertiary/aromatic N) is 1. The Kier molecular flexibility index (Phi) is 34.3. The maximum atomic E-state index is 10.9. The molecule has 0 aliphatic heterocycles. The van der Waals surface area contributed by atoms with Crippen molar-refractivity contribution >= 4 is 18.2 Å². The predicted octanol–water partition coefficient (Wildman–Crippen LogP) is 9.70. The maximum absolute atomic E-state index is 10.9. The second kappa shape index (κ2) is 33.6. The van der Waals surface area contributed by atoms with Crippen molar-refractivity contribution in [3.63, 3.8) is 0 Å². The molecule has 0 aliphatic carbocycles. The summed E-state index contributed by atoms with van der Waals surface area (Å²) in [6.45, 7) is 4.74. The van der Waals surface area contributed by atoms with Gasteiger partial charge in [0, 0.05) is 19.2 Å². The quantitative estimate of drug-likeness (QED) is 0.0712. The van der Waals surface area contributed by atoms with E-state index in [4.69, 9.17) is 5.11 Å². The smallest absolute Gasteiger partial charge is 0.310 e. The molecule has 0 saturated carbocycles. The largest absolute Gasteiger partial charge is 0.481 e. The molecule has 0 aliphatic rings. The van der Waals surface area contributed by atoms with Gasteiger partial charge in [-0.2, -0.15) is 0 Å². The lowest BCUT2D eigenvalue weighted by molar-refractivity contribution is -0.139. The Bertz CT molecular complexity index is 479. The van der Waals surface area contributed by atoms with E-state index in [1.165, 1.54) is 142 Å². The molecule has 214 valence electrons. The van der Waals surface area contributed by atoms with E-state index in [1.54, 1.807) is 13.1 Å². The molecule has 0 aromatic heterocycles. The fourth-order valence-electron chi connectivity index (χ4n) is 4.13. The number of aliphatic imine (C=N–C) groups is 1. The normalized spacial score (nSPS) is 10.9. The van der Waals surface area contributed by atoms with Gasteiger partial charge < -0.3 is 9.84 Å². The molecule has 0 rings (SSSR count). The zero-order valence-electron chi connectivity index (χ0n) is 24.4. The molecule has 0 bridgehead atoms. The molecule has 36 heavy (non-hydrogen) atoms. The number of ether oxygens (including phenoxy) is 1. The summed E-state index contributed by atoms with van der Waals surface area (Å²) in [6.07, 6.45) is 33.3. The average Bonchev–Trinajstić information content (AvgIpc) is 2.88. The molecule has 0 fully saturated rings. The van der Waals surface area contributed by atoms with Crippen molar-refractivity contribution in [3.8, 4) is 0 Å². The molecule has 0 heterocycles. The molecule has 0 aromatic carbocycles. The highest BCUT2D eigenvalue weighted by Gasteiger charge is 1.96. The summed E-state index contributed by atoms with van der Waals surface area (Å²) >= 11 is 0. The van der Waals surface area contributed by atoms with Crippen molar-refractivity contribution in [1.82, 2.24) is 0 Å². The highest BCUT2D eigenvalue weighted by molar-refractivity contribution is 5.85. The Balaban J connectivity index is 0. The molecule has 1 N–H and O–H groups in total. The van der Waals surface area contributed by atoms with Gasteiger partial charge >= 0.3 is 11.9 Å². The highest BCUT2D eigenvalue weighted by Crippen LogP contribution is 2.15. The van der Waals surface area contributed by atoms with Crippen molar-refractivity contribution in [2.45, 2.75) is 168 Å². The number of unbranched alkanes of at least 4 members (excludes halogenated alkanes) is 21. The highest BCUT2D eigenvalue weighted by atomic mass is 16.5. The predicted molar refractivity (Wildman–Crippen MR) is 155 cm³/mol. The van der Waals surface area contributed by atoms with Gasteiger partial charge in [-0.3, -0.25) is 14.6 Å². The Morgan fingerprint density at radius 1 is 0.611 bits per heavy atom. The molecule has 0 amide bonds. The van der Waals surface area contributed by atoms with Gasteiger partial charge in [-0.1, -0.05) is 149 Å². The third-order valence-electron chi connectivity index (χ3n) is 6.56. The number of carboxylic acids is 1. The van der Waals surface area contributed by atoms with Crippen LogP contribution in [0.1, 0.15) is 168 Å². The van der Waals surface area contributed by atoms with E-state index in [0.717, 1.165) is 13.0 Å². The first-order chi connectivity index (χ1) is 17.6. The maximum Gasteiger partial charge on any atom is 0.310 e. The topological polar surface area (TPSA) is 76.0 Å². The SMILES string of the molecule is CCC(=O)O.CCCCCCCCCCCCCCCCCCCCCCCCN=CCC(=O)OC. The van der Waals surface area contributed by atoms with E-state index < -0.39 is 5.97 Å². The van der Waals surface area contributed by atoms with Crippen molar-refractivity contribution in [3.05, 3.63) is 0 Å². The van der Waals surface area contributed by atoms with E-state index in [1.807, 2.05) is 0 Å². The van der Waals surface area contributed by atoms with Crippen LogP contribution in [0.15, 0.2) is 4.99 Å². The molecule has 0 radical (unpaired) electrons. The number of carbonyl (C=O) groups excluding carboxylic acids is 1. The van der Waals surface area contributed by atoms with Crippen LogP contribution in [-0.4, -0.2) is 36.9 Å². The second-order valence-corrected chi connectivity index (χ2v) is 10.0. The number of hydrogen-bond acceptors (Lipinski definition) is 4. The van der Waals surface area contributed by atoms with Crippen LogP contribution in [0.2, 0.25) is 0 Å². The van der Waals surface area contributed by atoms with Gasteiger partial charge in [0.2, 0.25) is 0 Å². The average molecular weight is 512 g/mol. The van der Waals surface area contributed by atoms with Gasteiger partial charge in [0.05, 0.1) is 13.5 Å². The summed E-state index contributed by atoms with van der Waals surface area (Å²) in [5, 5.41) is 7.72. The number of rotatable bonds is 26. The van der Waals surface area contributed by atoms with Gasteiger partial charge in [0.1, 0.15) is 0 Å². The first kappa shape index (κ1) is 36.8. The van der Waals surface area contributed by atoms with Gasteiger partial charge in [-0.15, -0.1) is 0 Å². The van der Waals surface area contributed by atoms with Crippen LogP contribution >= 0.6 is 0 Å². The van der Waals surface area contributed by atoms with Crippen molar-refractivity contribution < 1.29 is 19.4 Å². The zero-order valence-corrected chi connectivity index (χ0v) is 24.4. The van der Waals surface area contributed by atoms with Crippen LogP contribution in [0.4, 0.5) is 0 Å². The van der Waals surface area contributed by atoms with Crippen LogP contribution in [0.25, 0.3) is 0 Å². The molecular formula is C31H61NO4. The number of esters is 1. The first-order valence-corrected chi connectivity index (χ1v) is 15.3. The summed E-state index contributed by atoms with van der Waals surface area (Å²) < 4.78 is 4.57. The van der Waals surface area contributed by atoms with Gasteiger partial charge in [-0.05, 0) is 6.42 Å².